The van der Waals surface area contributed by atoms with Crippen molar-refractivity contribution in [2.45, 2.75) is 32.0 Å². The predicted molar refractivity (Wildman–Crippen MR) is 128 cm³/mol. The highest BCUT2D eigenvalue weighted by Gasteiger charge is 2.35. The first-order valence-corrected chi connectivity index (χ1v) is 11.6. The Hall–Kier alpha value is -4.12. The molecule has 5 rings (SSSR count). The Labute approximate surface area is 202 Å². The molecule has 1 fully saturated rings. The fraction of sp³-hybridized carbons (Fsp3) is 0.333. The van der Waals surface area contributed by atoms with Crippen LogP contribution in [0.25, 0.3) is 11.5 Å². The number of aliphatic hydroxyl groups is 1. The van der Waals surface area contributed by atoms with E-state index in [2.05, 4.69) is 35.8 Å². The average Bonchev–Trinajstić information content (AvgIpc) is 3.52. The first-order valence-electron chi connectivity index (χ1n) is 11.6. The Morgan fingerprint density at radius 3 is 2.80 bits per heavy atom. The van der Waals surface area contributed by atoms with Crippen LogP contribution in [0.15, 0.2) is 55.2 Å². The lowest BCUT2D eigenvalue weighted by Gasteiger charge is -2.18. The summed E-state index contributed by atoms with van der Waals surface area (Å²) in [5.74, 6) is 2.36. The molecule has 1 aromatic carbocycles. The number of aliphatic hydroxyl groups excluding tert-OH is 1. The van der Waals surface area contributed by atoms with Gasteiger partial charge in [0.15, 0.2) is 11.6 Å². The van der Waals surface area contributed by atoms with Gasteiger partial charge in [-0.15, -0.1) is 10.2 Å². The molecule has 3 N–H and O–H groups in total. The molecule has 0 radical (unpaired) electrons. The number of rotatable bonds is 10. The Balaban J connectivity index is 1.29. The number of aryl methyl sites for hydroxylation is 1. The molecule has 0 unspecified atom stereocenters. The van der Waals surface area contributed by atoms with Crippen LogP contribution in [-0.4, -0.2) is 51.9 Å². The van der Waals surface area contributed by atoms with E-state index in [4.69, 9.17) is 0 Å². The summed E-state index contributed by atoms with van der Waals surface area (Å²) in [4.78, 5) is 25.7. The van der Waals surface area contributed by atoms with E-state index >= 15 is 0 Å². The molecule has 4 aromatic rings. The van der Waals surface area contributed by atoms with Crippen molar-refractivity contribution in [1.82, 2.24) is 39.6 Å². The van der Waals surface area contributed by atoms with Crippen molar-refractivity contribution in [2.75, 3.05) is 11.9 Å². The molecule has 180 valence electrons. The lowest BCUT2D eigenvalue weighted by molar-refractivity contribution is 0.0929. The fourth-order valence-corrected chi connectivity index (χ4v) is 4.09. The van der Waals surface area contributed by atoms with Crippen LogP contribution in [0.3, 0.4) is 0 Å². The summed E-state index contributed by atoms with van der Waals surface area (Å²) in [6, 6.07) is 8.99. The Kier molecular flexibility index (Phi) is 6.49. The van der Waals surface area contributed by atoms with Gasteiger partial charge in [0.1, 0.15) is 17.8 Å². The zero-order valence-corrected chi connectivity index (χ0v) is 19.4. The van der Waals surface area contributed by atoms with E-state index in [-0.39, 0.29) is 18.6 Å². The van der Waals surface area contributed by atoms with E-state index in [1.165, 1.54) is 6.33 Å². The van der Waals surface area contributed by atoms with Crippen LogP contribution < -0.4 is 10.6 Å². The van der Waals surface area contributed by atoms with Crippen LogP contribution in [0.2, 0.25) is 0 Å². The maximum Gasteiger partial charge on any atom is 0.251 e. The van der Waals surface area contributed by atoms with Crippen LogP contribution in [0.4, 0.5) is 5.69 Å². The van der Waals surface area contributed by atoms with Crippen molar-refractivity contribution in [1.29, 1.82) is 0 Å². The second-order valence-corrected chi connectivity index (χ2v) is 8.53. The van der Waals surface area contributed by atoms with Gasteiger partial charge in [-0.3, -0.25) is 4.79 Å². The van der Waals surface area contributed by atoms with Gasteiger partial charge >= 0.3 is 0 Å². The van der Waals surface area contributed by atoms with Crippen molar-refractivity contribution >= 4 is 11.6 Å². The number of nitrogens with one attached hydrogen (secondary N) is 2. The molecule has 0 saturated heterocycles. The van der Waals surface area contributed by atoms with Crippen molar-refractivity contribution in [3.63, 3.8) is 0 Å². The first kappa shape index (κ1) is 22.7. The SMILES string of the molecule is Cn1ccnc1[C@H](NC(=O)c1cccc(NCc2nnc(-c3ccncn3)n2CCO)c1)C1CC1. The largest absolute Gasteiger partial charge is 0.395 e. The quantitative estimate of drug-likeness (QED) is 0.318. The van der Waals surface area contributed by atoms with Crippen LogP contribution in [0.5, 0.6) is 0 Å². The summed E-state index contributed by atoms with van der Waals surface area (Å²) < 4.78 is 3.78. The first-order chi connectivity index (χ1) is 17.1. The van der Waals surface area contributed by atoms with Crippen LogP contribution >= 0.6 is 0 Å². The molecule has 1 amide bonds. The molecule has 11 nitrogen and oxygen atoms in total. The van der Waals surface area contributed by atoms with E-state index in [0.29, 0.717) is 41.9 Å². The van der Waals surface area contributed by atoms with Crippen LogP contribution in [-0.2, 0) is 20.1 Å². The minimum Gasteiger partial charge on any atom is -0.395 e. The number of hydrogen-bond donors (Lipinski definition) is 3. The monoisotopic (exact) mass is 473 g/mol. The number of imidazole rings is 1. The van der Waals surface area contributed by atoms with Gasteiger partial charge in [0, 0.05) is 43.4 Å². The minimum absolute atomic E-state index is 0.0586. The second-order valence-electron chi connectivity index (χ2n) is 8.53. The third kappa shape index (κ3) is 5.04. The smallest absolute Gasteiger partial charge is 0.251 e. The van der Waals surface area contributed by atoms with Gasteiger partial charge < -0.3 is 24.9 Å². The third-order valence-corrected chi connectivity index (χ3v) is 6.05. The molecule has 0 aliphatic heterocycles. The number of hydrogen-bond acceptors (Lipinski definition) is 8. The zero-order valence-electron chi connectivity index (χ0n) is 19.4. The number of amides is 1. The Bertz CT molecular complexity index is 1300. The van der Waals surface area contributed by atoms with Gasteiger partial charge in [-0.25, -0.2) is 15.0 Å². The molecule has 3 heterocycles. The van der Waals surface area contributed by atoms with Gasteiger partial charge in [0.2, 0.25) is 0 Å². The Morgan fingerprint density at radius 1 is 1.20 bits per heavy atom. The molecule has 3 aromatic heterocycles. The molecule has 0 bridgehead atoms. The number of benzene rings is 1. The number of carbonyl (C=O) groups excluding carboxylic acids is 1. The van der Waals surface area contributed by atoms with Crippen molar-refractivity contribution in [2.24, 2.45) is 13.0 Å². The summed E-state index contributed by atoms with van der Waals surface area (Å²) in [7, 11) is 1.94. The van der Waals surface area contributed by atoms with Gasteiger partial charge in [-0.1, -0.05) is 6.07 Å². The maximum absolute atomic E-state index is 13.1. The highest BCUT2D eigenvalue weighted by atomic mass is 16.3. The van der Waals surface area contributed by atoms with E-state index in [9.17, 15) is 9.90 Å². The molecule has 1 saturated carbocycles. The number of anilines is 1. The maximum atomic E-state index is 13.1. The summed E-state index contributed by atoms with van der Waals surface area (Å²) in [5, 5.41) is 24.5. The molecule has 0 spiro atoms. The topological polar surface area (TPSA) is 136 Å². The van der Waals surface area contributed by atoms with Crippen molar-refractivity contribution in [3.8, 4) is 11.5 Å². The van der Waals surface area contributed by atoms with E-state index in [0.717, 1.165) is 24.4 Å². The number of nitrogens with zero attached hydrogens (tertiary/aromatic N) is 7. The summed E-state index contributed by atoms with van der Waals surface area (Å²) in [6.07, 6.45) is 8.91. The molecular formula is C24H27N9O2. The molecule has 35 heavy (non-hydrogen) atoms. The van der Waals surface area contributed by atoms with E-state index < -0.39 is 0 Å². The van der Waals surface area contributed by atoms with Gasteiger partial charge in [0.25, 0.3) is 5.91 Å². The standard InChI is InChI=1S/C24H27N9O2/c1-32-10-9-26-23(32)21(16-5-6-16)29-24(35)17-3-2-4-18(13-17)27-14-20-30-31-22(33(20)11-12-34)19-7-8-25-15-28-19/h2-4,7-10,13,15-16,21,27,34H,5-6,11-12,14H2,1H3,(H,29,35)/t21-/m1/s1. The highest BCUT2D eigenvalue weighted by Crippen LogP contribution is 2.40. The van der Waals surface area contributed by atoms with Crippen LogP contribution in [0, 0.1) is 5.92 Å². The molecule has 1 atom stereocenters. The second kappa shape index (κ2) is 10.0. The molecule has 1 aliphatic rings. The predicted octanol–water partition coefficient (Wildman–Crippen LogP) is 1.95. The Morgan fingerprint density at radius 2 is 2.09 bits per heavy atom. The van der Waals surface area contributed by atoms with Gasteiger partial charge in [-0.05, 0) is 43.0 Å². The van der Waals surface area contributed by atoms with Crippen molar-refractivity contribution < 1.29 is 9.90 Å². The normalized spacial score (nSPS) is 14.0. The fourth-order valence-electron chi connectivity index (χ4n) is 4.09. The summed E-state index contributed by atoms with van der Waals surface area (Å²) in [6.45, 7) is 0.638. The number of aromatic nitrogens is 7. The molecule has 1 aliphatic carbocycles. The average molecular weight is 474 g/mol. The third-order valence-electron chi connectivity index (χ3n) is 6.05. The lowest BCUT2D eigenvalue weighted by Crippen LogP contribution is -2.31. The highest BCUT2D eigenvalue weighted by molar-refractivity contribution is 5.95. The zero-order chi connectivity index (χ0) is 24.2. The summed E-state index contributed by atoms with van der Waals surface area (Å²) in [5.41, 5.74) is 1.97. The summed E-state index contributed by atoms with van der Waals surface area (Å²) >= 11 is 0. The van der Waals surface area contributed by atoms with Gasteiger partial charge in [-0.2, -0.15) is 0 Å². The molecular weight excluding hydrogens is 446 g/mol. The van der Waals surface area contributed by atoms with Gasteiger partial charge in [0.05, 0.1) is 19.2 Å². The number of carbonyl (C=O) groups is 1. The molecule has 11 heteroatoms. The minimum atomic E-state index is -0.136. The van der Waals surface area contributed by atoms with Crippen LogP contribution in [0.1, 0.15) is 40.9 Å². The van der Waals surface area contributed by atoms with E-state index in [1.54, 1.807) is 24.5 Å². The lowest BCUT2D eigenvalue weighted by atomic mass is 10.1. The van der Waals surface area contributed by atoms with E-state index in [1.807, 2.05) is 40.6 Å². The van der Waals surface area contributed by atoms with Crippen molar-refractivity contribution in [3.05, 3.63) is 72.5 Å².